The van der Waals surface area contributed by atoms with Gasteiger partial charge in [0.05, 0.1) is 0 Å². The summed E-state index contributed by atoms with van der Waals surface area (Å²) in [5.41, 5.74) is 0. The molecule has 0 atom stereocenters. The maximum atomic E-state index is 7.53. The first-order valence-electron chi connectivity index (χ1n) is 9.90. The second-order valence-corrected chi connectivity index (χ2v) is 6.30. The molecule has 0 amide bonds. The molecule has 0 aliphatic carbocycles. The Morgan fingerprint density at radius 2 is 0.696 bits per heavy atom. The van der Waals surface area contributed by atoms with E-state index in [0.717, 1.165) is 0 Å². The molecule has 0 aromatic rings. The average Bonchev–Trinajstić information content (AvgIpc) is 2.56. The first kappa shape index (κ1) is 25.3. The van der Waals surface area contributed by atoms with Gasteiger partial charge < -0.3 is 14.6 Å². The third-order valence-electron chi connectivity index (χ3n) is 4.08. The zero-order valence-corrected chi connectivity index (χ0v) is 15.8. The van der Waals surface area contributed by atoms with Crippen LogP contribution in [0, 0.1) is 0 Å². The van der Waals surface area contributed by atoms with E-state index in [-0.39, 0.29) is 0 Å². The SMILES string of the molecule is CCCCCCCCCCCCCCCCCC.O[B]O[B]O. The van der Waals surface area contributed by atoms with Crippen LogP contribution in [0.15, 0.2) is 0 Å². The quantitative estimate of drug-likeness (QED) is 0.281. The summed E-state index contributed by atoms with van der Waals surface area (Å²) < 4.78 is 3.69. The third-order valence-corrected chi connectivity index (χ3v) is 4.08. The molecule has 0 aromatic heterocycles. The topological polar surface area (TPSA) is 49.7 Å². The molecule has 0 fully saturated rings. The van der Waals surface area contributed by atoms with E-state index in [1.54, 1.807) is 0 Å². The van der Waals surface area contributed by atoms with Gasteiger partial charge in [-0.2, -0.15) is 0 Å². The summed E-state index contributed by atoms with van der Waals surface area (Å²) in [4.78, 5) is 0. The van der Waals surface area contributed by atoms with E-state index in [9.17, 15) is 0 Å². The lowest BCUT2D eigenvalue weighted by atomic mass is 10.0. The second kappa shape index (κ2) is 26.9. The van der Waals surface area contributed by atoms with E-state index in [1.165, 1.54) is 103 Å². The van der Waals surface area contributed by atoms with Gasteiger partial charge in [0.25, 0.3) is 0 Å². The number of hydrogen-bond acceptors (Lipinski definition) is 3. The van der Waals surface area contributed by atoms with Crippen LogP contribution in [0.25, 0.3) is 0 Å². The van der Waals surface area contributed by atoms with Gasteiger partial charge in [0.2, 0.25) is 0 Å². The number of rotatable bonds is 17. The van der Waals surface area contributed by atoms with E-state index in [4.69, 9.17) is 10.0 Å². The van der Waals surface area contributed by atoms with Crippen molar-refractivity contribution in [2.45, 2.75) is 117 Å². The van der Waals surface area contributed by atoms with Crippen molar-refractivity contribution in [3.63, 3.8) is 0 Å². The van der Waals surface area contributed by atoms with E-state index >= 15 is 0 Å². The Hall–Kier alpha value is 0.00987. The Labute approximate surface area is 147 Å². The van der Waals surface area contributed by atoms with Crippen molar-refractivity contribution in [1.82, 2.24) is 0 Å². The summed E-state index contributed by atoms with van der Waals surface area (Å²) in [6.07, 6.45) is 23.4. The van der Waals surface area contributed by atoms with Crippen molar-refractivity contribution < 1.29 is 14.6 Å². The molecule has 136 valence electrons. The zero-order chi connectivity index (χ0) is 17.4. The summed E-state index contributed by atoms with van der Waals surface area (Å²) in [7, 11) is 0.750. The van der Waals surface area contributed by atoms with Gasteiger partial charge in [0.15, 0.2) is 0 Å². The molecule has 0 aliphatic rings. The Morgan fingerprint density at radius 3 is 0.826 bits per heavy atom. The smallest absolute Gasteiger partial charge is 0.456 e. The van der Waals surface area contributed by atoms with Crippen molar-refractivity contribution in [2.24, 2.45) is 0 Å². The molecule has 0 spiro atoms. The fourth-order valence-corrected chi connectivity index (χ4v) is 2.65. The van der Waals surface area contributed by atoms with Crippen LogP contribution in [0.1, 0.15) is 117 Å². The molecule has 0 aliphatic heterocycles. The molecule has 0 aromatic carbocycles. The zero-order valence-electron chi connectivity index (χ0n) is 15.8. The van der Waals surface area contributed by atoms with Crippen LogP contribution in [0.3, 0.4) is 0 Å². The van der Waals surface area contributed by atoms with E-state index in [1.807, 2.05) is 0 Å². The van der Waals surface area contributed by atoms with Crippen molar-refractivity contribution in [3.05, 3.63) is 0 Å². The highest BCUT2D eigenvalue weighted by molar-refractivity contribution is 6.32. The molecule has 23 heavy (non-hydrogen) atoms. The van der Waals surface area contributed by atoms with Gasteiger partial charge in [-0.05, 0) is 0 Å². The first-order chi connectivity index (χ1) is 11.3. The van der Waals surface area contributed by atoms with Crippen LogP contribution in [-0.2, 0) is 4.57 Å². The molecule has 0 unspecified atom stereocenters. The summed E-state index contributed by atoms with van der Waals surface area (Å²) in [5, 5.41) is 15.1. The summed E-state index contributed by atoms with van der Waals surface area (Å²) in [6.45, 7) is 4.59. The summed E-state index contributed by atoms with van der Waals surface area (Å²) >= 11 is 0. The first-order valence-corrected chi connectivity index (χ1v) is 9.90. The van der Waals surface area contributed by atoms with Crippen molar-refractivity contribution in [2.75, 3.05) is 0 Å². The molecular weight excluding hydrogens is 286 g/mol. The van der Waals surface area contributed by atoms with Gasteiger partial charge in [-0.15, -0.1) is 0 Å². The summed E-state index contributed by atoms with van der Waals surface area (Å²) in [6, 6.07) is 0. The second-order valence-electron chi connectivity index (χ2n) is 6.30. The minimum Gasteiger partial charge on any atom is -0.456 e. The molecule has 0 rings (SSSR count). The monoisotopic (exact) mass is 326 g/mol. The van der Waals surface area contributed by atoms with Crippen LogP contribution in [0.2, 0.25) is 0 Å². The Morgan fingerprint density at radius 1 is 0.478 bits per heavy atom. The molecule has 2 N–H and O–H groups in total. The maximum Gasteiger partial charge on any atom is 0.469 e. The predicted octanol–water partition coefficient (Wildman–Crippen LogP) is 5.32. The minimum absolute atomic E-state index is 0.375. The largest absolute Gasteiger partial charge is 0.469 e. The highest BCUT2D eigenvalue weighted by Gasteiger charge is 1.93. The van der Waals surface area contributed by atoms with Gasteiger partial charge in [-0.3, -0.25) is 0 Å². The molecule has 0 saturated carbocycles. The van der Waals surface area contributed by atoms with E-state index < -0.39 is 0 Å². The molecular formula is C18H40B2O3. The lowest BCUT2D eigenvalue weighted by Gasteiger charge is -2.03. The van der Waals surface area contributed by atoms with Crippen molar-refractivity contribution in [3.8, 4) is 0 Å². The Kier molecular flexibility index (Phi) is 29.5. The lowest BCUT2D eigenvalue weighted by molar-refractivity contribution is 0.408. The van der Waals surface area contributed by atoms with E-state index in [2.05, 4.69) is 18.4 Å². The fraction of sp³-hybridized carbons (Fsp3) is 1.00. The maximum absolute atomic E-state index is 7.53. The van der Waals surface area contributed by atoms with Crippen LogP contribution < -0.4 is 0 Å². The molecule has 0 bridgehead atoms. The average molecular weight is 326 g/mol. The molecule has 0 heterocycles. The molecule has 2 radical (unpaired) electrons. The number of hydrogen-bond donors (Lipinski definition) is 2. The van der Waals surface area contributed by atoms with Gasteiger partial charge in [0.1, 0.15) is 0 Å². The lowest BCUT2D eigenvalue weighted by Crippen LogP contribution is -2.00. The van der Waals surface area contributed by atoms with E-state index in [0.29, 0.717) is 15.4 Å². The Bertz CT molecular complexity index is 166. The predicted molar refractivity (Wildman–Crippen MR) is 102 cm³/mol. The van der Waals surface area contributed by atoms with Crippen LogP contribution in [-0.4, -0.2) is 25.4 Å². The molecule has 0 saturated heterocycles. The molecule has 3 nitrogen and oxygen atoms in total. The minimum atomic E-state index is 0.375. The number of unbranched alkanes of at least 4 members (excludes halogenated alkanes) is 15. The van der Waals surface area contributed by atoms with Gasteiger partial charge in [0, 0.05) is 0 Å². The van der Waals surface area contributed by atoms with Crippen molar-refractivity contribution >= 4 is 15.4 Å². The van der Waals surface area contributed by atoms with Crippen LogP contribution >= 0.6 is 0 Å². The van der Waals surface area contributed by atoms with Crippen molar-refractivity contribution in [1.29, 1.82) is 0 Å². The fourth-order valence-electron chi connectivity index (χ4n) is 2.65. The molecule has 5 heteroatoms. The summed E-state index contributed by atoms with van der Waals surface area (Å²) in [5.74, 6) is 0. The van der Waals surface area contributed by atoms with Crippen LogP contribution in [0.5, 0.6) is 0 Å². The standard InChI is InChI=1S/C18H38.B2H2O3/c1-3-5-7-9-11-13-15-17-18-16-14-12-10-8-6-4-2;3-1-5-2-4/h3-18H2,1-2H3;3-4H. The highest BCUT2D eigenvalue weighted by atomic mass is 16.5. The third kappa shape index (κ3) is 30.5. The van der Waals surface area contributed by atoms with Gasteiger partial charge in [-0.25, -0.2) is 0 Å². The highest BCUT2D eigenvalue weighted by Crippen LogP contribution is 2.13. The Balaban J connectivity index is 0. The van der Waals surface area contributed by atoms with Gasteiger partial charge >= 0.3 is 15.4 Å². The van der Waals surface area contributed by atoms with Crippen LogP contribution in [0.4, 0.5) is 0 Å². The normalized spacial score (nSPS) is 10.1. The van der Waals surface area contributed by atoms with Gasteiger partial charge in [-0.1, -0.05) is 117 Å².